The lowest BCUT2D eigenvalue weighted by molar-refractivity contribution is -0.130. The minimum absolute atomic E-state index is 0.0657. The van der Waals surface area contributed by atoms with E-state index < -0.39 is 5.54 Å². The van der Waals surface area contributed by atoms with Crippen molar-refractivity contribution >= 4 is 23.7 Å². The zero-order valence-electron chi connectivity index (χ0n) is 10.8. The average molecular weight is 276 g/mol. The second-order valence-corrected chi connectivity index (χ2v) is 6.30. The molecule has 1 aromatic carbocycles. The van der Waals surface area contributed by atoms with Crippen molar-refractivity contribution in [2.75, 3.05) is 11.5 Å². The fourth-order valence-electron chi connectivity index (χ4n) is 2.65. The van der Waals surface area contributed by atoms with Gasteiger partial charge in [0.1, 0.15) is 5.54 Å². The molecule has 2 aliphatic heterocycles. The van der Waals surface area contributed by atoms with Gasteiger partial charge in [0.15, 0.2) is 0 Å². The van der Waals surface area contributed by atoms with Crippen molar-refractivity contribution in [3.63, 3.8) is 0 Å². The van der Waals surface area contributed by atoms with Gasteiger partial charge in [0.25, 0.3) is 5.91 Å². The van der Waals surface area contributed by atoms with Gasteiger partial charge in [-0.05, 0) is 24.7 Å². The number of carbonyl (C=O) groups excluding carboxylic acids is 2. The van der Waals surface area contributed by atoms with Gasteiger partial charge in [-0.3, -0.25) is 9.69 Å². The number of hydrogen-bond donors (Lipinski definition) is 1. The molecule has 5 heteroatoms. The smallest absolute Gasteiger partial charge is 0.322 e. The van der Waals surface area contributed by atoms with Crippen LogP contribution in [0.2, 0.25) is 0 Å². The highest BCUT2D eigenvalue weighted by Gasteiger charge is 2.52. The maximum Gasteiger partial charge on any atom is 0.325 e. The average Bonchev–Trinajstić information content (AvgIpc) is 2.92. The summed E-state index contributed by atoms with van der Waals surface area (Å²) in [5.74, 6) is 1.57. The van der Waals surface area contributed by atoms with Gasteiger partial charge in [-0.15, -0.1) is 0 Å². The van der Waals surface area contributed by atoms with Crippen LogP contribution in [0.3, 0.4) is 0 Å². The highest BCUT2D eigenvalue weighted by molar-refractivity contribution is 7.99. The number of thioether (sulfide) groups is 1. The zero-order chi connectivity index (χ0) is 13.5. The van der Waals surface area contributed by atoms with Gasteiger partial charge in [0.05, 0.1) is 6.54 Å². The lowest BCUT2D eigenvalue weighted by Gasteiger charge is -2.19. The largest absolute Gasteiger partial charge is 0.325 e. The summed E-state index contributed by atoms with van der Waals surface area (Å²) in [4.78, 5) is 25.8. The van der Waals surface area contributed by atoms with Crippen molar-refractivity contribution < 1.29 is 9.59 Å². The summed E-state index contributed by atoms with van der Waals surface area (Å²) >= 11 is 1.72. The normalized spacial score (nSPS) is 26.3. The number of nitrogens with zero attached hydrogens (tertiary/aromatic N) is 1. The first-order valence-corrected chi connectivity index (χ1v) is 7.54. The van der Waals surface area contributed by atoms with Gasteiger partial charge in [-0.1, -0.05) is 29.8 Å². The van der Waals surface area contributed by atoms with E-state index in [0.29, 0.717) is 12.3 Å². The number of carbonyl (C=O) groups is 2. The minimum Gasteiger partial charge on any atom is -0.322 e. The maximum absolute atomic E-state index is 12.5. The fraction of sp³-hybridized carbons (Fsp3) is 0.429. The van der Waals surface area contributed by atoms with E-state index in [2.05, 4.69) is 5.32 Å². The van der Waals surface area contributed by atoms with E-state index >= 15 is 0 Å². The molecule has 0 aromatic heterocycles. The van der Waals surface area contributed by atoms with Crippen LogP contribution in [0.15, 0.2) is 24.3 Å². The van der Waals surface area contributed by atoms with Crippen molar-refractivity contribution in [3.8, 4) is 0 Å². The zero-order valence-corrected chi connectivity index (χ0v) is 11.6. The first-order chi connectivity index (χ1) is 9.11. The third-order valence-corrected chi connectivity index (χ3v) is 4.88. The molecule has 0 aliphatic carbocycles. The predicted octanol–water partition coefficient (Wildman–Crippen LogP) is 1.92. The third kappa shape index (κ3) is 2.12. The first kappa shape index (κ1) is 12.5. The molecule has 1 spiro atoms. The molecule has 1 aromatic rings. The molecule has 0 saturated carbocycles. The number of hydrogen-bond acceptors (Lipinski definition) is 3. The highest BCUT2D eigenvalue weighted by atomic mass is 32.2. The lowest BCUT2D eigenvalue weighted by atomic mass is 9.99. The predicted molar refractivity (Wildman–Crippen MR) is 74.9 cm³/mol. The van der Waals surface area contributed by atoms with Crippen molar-refractivity contribution in [2.24, 2.45) is 0 Å². The van der Waals surface area contributed by atoms with E-state index in [1.54, 1.807) is 11.8 Å². The van der Waals surface area contributed by atoms with E-state index in [0.717, 1.165) is 23.3 Å². The van der Waals surface area contributed by atoms with Crippen LogP contribution >= 0.6 is 11.8 Å². The number of rotatable bonds is 2. The quantitative estimate of drug-likeness (QED) is 0.840. The SMILES string of the molecule is Cc1cccc(CN2C(=O)N[C@@]3(CCSC3)C2=O)c1. The first-order valence-electron chi connectivity index (χ1n) is 6.38. The van der Waals surface area contributed by atoms with E-state index in [1.165, 1.54) is 4.90 Å². The molecule has 1 N–H and O–H groups in total. The summed E-state index contributed by atoms with van der Waals surface area (Å²) < 4.78 is 0. The van der Waals surface area contributed by atoms with Crippen LogP contribution in [0.25, 0.3) is 0 Å². The molecule has 0 radical (unpaired) electrons. The van der Waals surface area contributed by atoms with Gasteiger partial charge in [0, 0.05) is 5.75 Å². The number of aryl methyl sites for hydroxylation is 1. The van der Waals surface area contributed by atoms with E-state index in [-0.39, 0.29) is 11.9 Å². The number of imide groups is 1. The molecule has 3 amide bonds. The molecule has 0 unspecified atom stereocenters. The van der Waals surface area contributed by atoms with Crippen molar-refractivity contribution in [3.05, 3.63) is 35.4 Å². The molecule has 2 heterocycles. The topological polar surface area (TPSA) is 49.4 Å². The summed E-state index contributed by atoms with van der Waals surface area (Å²) in [6.45, 7) is 2.36. The second kappa shape index (κ2) is 4.56. The molecule has 0 bridgehead atoms. The molecule has 3 rings (SSSR count). The Labute approximate surface area is 116 Å². The third-order valence-electron chi connectivity index (χ3n) is 3.69. The Morgan fingerprint density at radius 2 is 2.26 bits per heavy atom. The van der Waals surface area contributed by atoms with Gasteiger partial charge >= 0.3 is 6.03 Å². The van der Waals surface area contributed by atoms with Crippen LogP contribution in [-0.4, -0.2) is 33.9 Å². The number of nitrogens with one attached hydrogen (secondary N) is 1. The second-order valence-electron chi connectivity index (χ2n) is 5.20. The Morgan fingerprint density at radius 1 is 1.42 bits per heavy atom. The fourth-order valence-corrected chi connectivity index (χ4v) is 3.97. The highest BCUT2D eigenvalue weighted by Crippen LogP contribution is 2.33. The molecule has 1 atom stereocenters. The molecule has 2 aliphatic rings. The molecule has 4 nitrogen and oxygen atoms in total. The molecule has 19 heavy (non-hydrogen) atoms. The van der Waals surface area contributed by atoms with Crippen LogP contribution in [0.4, 0.5) is 4.79 Å². The van der Waals surface area contributed by atoms with E-state index in [4.69, 9.17) is 0 Å². The van der Waals surface area contributed by atoms with Crippen LogP contribution in [0, 0.1) is 6.92 Å². The molecule has 2 saturated heterocycles. The number of benzene rings is 1. The Morgan fingerprint density at radius 3 is 2.95 bits per heavy atom. The van der Waals surface area contributed by atoms with E-state index in [9.17, 15) is 9.59 Å². The van der Waals surface area contributed by atoms with Crippen molar-refractivity contribution in [1.82, 2.24) is 10.2 Å². The Hall–Kier alpha value is -1.49. The molecular formula is C14H16N2O2S. The van der Waals surface area contributed by atoms with Crippen LogP contribution in [-0.2, 0) is 11.3 Å². The Bertz CT molecular complexity index is 538. The standard InChI is InChI=1S/C14H16N2O2S/c1-10-3-2-4-11(7-10)8-16-12(17)14(15-13(16)18)5-6-19-9-14/h2-4,7H,5-6,8-9H2,1H3,(H,15,18)/t14-/m1/s1. The maximum atomic E-state index is 12.5. The number of amides is 3. The lowest BCUT2D eigenvalue weighted by Crippen LogP contribution is -2.46. The van der Waals surface area contributed by atoms with Crippen LogP contribution in [0.1, 0.15) is 17.5 Å². The van der Waals surface area contributed by atoms with Crippen LogP contribution in [0.5, 0.6) is 0 Å². The molecule has 2 fully saturated rings. The van der Waals surface area contributed by atoms with Crippen molar-refractivity contribution in [1.29, 1.82) is 0 Å². The van der Waals surface area contributed by atoms with Gasteiger partial charge in [-0.25, -0.2) is 4.79 Å². The monoisotopic (exact) mass is 276 g/mol. The van der Waals surface area contributed by atoms with Crippen molar-refractivity contribution in [2.45, 2.75) is 25.4 Å². The summed E-state index contributed by atoms with van der Waals surface area (Å²) in [7, 11) is 0. The Kier molecular flexibility index (Phi) is 3.01. The van der Waals surface area contributed by atoms with Crippen LogP contribution < -0.4 is 5.32 Å². The Balaban J connectivity index is 1.82. The summed E-state index contributed by atoms with van der Waals surface area (Å²) in [5.41, 5.74) is 1.49. The summed E-state index contributed by atoms with van der Waals surface area (Å²) in [6.07, 6.45) is 0.743. The summed E-state index contributed by atoms with van der Waals surface area (Å²) in [6, 6.07) is 7.65. The van der Waals surface area contributed by atoms with Gasteiger partial charge < -0.3 is 5.32 Å². The van der Waals surface area contributed by atoms with Gasteiger partial charge in [-0.2, -0.15) is 11.8 Å². The van der Waals surface area contributed by atoms with Gasteiger partial charge in [0.2, 0.25) is 0 Å². The molecular weight excluding hydrogens is 260 g/mol. The number of urea groups is 1. The summed E-state index contributed by atoms with van der Waals surface area (Å²) in [5, 5.41) is 2.88. The molecule has 100 valence electrons. The van der Waals surface area contributed by atoms with E-state index in [1.807, 2.05) is 31.2 Å². The minimum atomic E-state index is -0.633.